The van der Waals surface area contributed by atoms with Crippen LogP contribution in [0.3, 0.4) is 0 Å². The van der Waals surface area contributed by atoms with Gasteiger partial charge in [0.2, 0.25) is 0 Å². The van der Waals surface area contributed by atoms with Gasteiger partial charge in [0.25, 0.3) is 0 Å². The van der Waals surface area contributed by atoms with Gasteiger partial charge in [0.15, 0.2) is 0 Å². The highest BCUT2D eigenvalue weighted by Crippen LogP contribution is 2.35. The Morgan fingerprint density at radius 1 is 0.650 bits per heavy atom. The van der Waals surface area contributed by atoms with Crippen LogP contribution in [0.5, 0.6) is 0 Å². The molecule has 0 bridgehead atoms. The topological polar surface area (TPSA) is 26.0 Å². The maximum absolute atomic E-state index is 6.17. The molecule has 0 unspecified atom stereocenters. The van der Waals surface area contributed by atoms with E-state index in [1.807, 2.05) is 18.2 Å². The SMILES string of the molecule is Cc1ccc(N)c(-c2ccccc2-c2ccccc2)c1. The van der Waals surface area contributed by atoms with Crippen LogP contribution in [-0.4, -0.2) is 0 Å². The summed E-state index contributed by atoms with van der Waals surface area (Å²) < 4.78 is 0. The van der Waals surface area contributed by atoms with Crippen molar-refractivity contribution in [2.75, 3.05) is 5.73 Å². The lowest BCUT2D eigenvalue weighted by molar-refractivity contribution is 1.46. The van der Waals surface area contributed by atoms with E-state index >= 15 is 0 Å². The first-order valence-electron chi connectivity index (χ1n) is 6.76. The monoisotopic (exact) mass is 259 g/mol. The van der Waals surface area contributed by atoms with Crippen molar-refractivity contribution in [3.63, 3.8) is 0 Å². The van der Waals surface area contributed by atoms with E-state index in [1.165, 1.54) is 22.3 Å². The minimum absolute atomic E-state index is 0.819. The fourth-order valence-electron chi connectivity index (χ4n) is 2.49. The molecule has 0 saturated carbocycles. The van der Waals surface area contributed by atoms with Crippen molar-refractivity contribution < 1.29 is 0 Å². The first-order valence-corrected chi connectivity index (χ1v) is 6.76. The predicted octanol–water partition coefficient (Wildman–Crippen LogP) is 4.91. The second-order valence-corrected chi connectivity index (χ2v) is 5.00. The number of benzene rings is 3. The van der Waals surface area contributed by atoms with Gasteiger partial charge in [-0.25, -0.2) is 0 Å². The third-order valence-electron chi connectivity index (χ3n) is 3.51. The molecule has 0 atom stereocenters. The number of nitrogen functional groups attached to an aromatic ring is 1. The van der Waals surface area contributed by atoms with Crippen molar-refractivity contribution in [1.29, 1.82) is 0 Å². The third-order valence-corrected chi connectivity index (χ3v) is 3.51. The van der Waals surface area contributed by atoms with Crippen molar-refractivity contribution >= 4 is 5.69 Å². The lowest BCUT2D eigenvalue weighted by Gasteiger charge is -2.13. The lowest BCUT2D eigenvalue weighted by Crippen LogP contribution is -1.92. The Bertz CT molecular complexity index is 730. The molecule has 1 heteroatoms. The molecule has 0 heterocycles. The summed E-state index contributed by atoms with van der Waals surface area (Å²) in [5.74, 6) is 0. The third kappa shape index (κ3) is 2.30. The van der Waals surface area contributed by atoms with Crippen LogP contribution < -0.4 is 5.73 Å². The molecule has 98 valence electrons. The van der Waals surface area contributed by atoms with E-state index in [4.69, 9.17) is 5.73 Å². The van der Waals surface area contributed by atoms with Gasteiger partial charge in [-0.3, -0.25) is 0 Å². The van der Waals surface area contributed by atoms with Crippen LogP contribution >= 0.6 is 0 Å². The van der Waals surface area contributed by atoms with E-state index in [2.05, 4.69) is 61.5 Å². The fourth-order valence-corrected chi connectivity index (χ4v) is 2.49. The highest BCUT2D eigenvalue weighted by molar-refractivity contribution is 5.88. The summed E-state index contributed by atoms with van der Waals surface area (Å²) in [6.45, 7) is 2.09. The normalized spacial score (nSPS) is 10.4. The molecule has 3 rings (SSSR count). The molecular formula is C19H17N. The van der Waals surface area contributed by atoms with E-state index in [0.717, 1.165) is 11.3 Å². The minimum Gasteiger partial charge on any atom is -0.398 e. The molecule has 0 aliphatic carbocycles. The van der Waals surface area contributed by atoms with Gasteiger partial charge in [0.05, 0.1) is 0 Å². The fraction of sp³-hybridized carbons (Fsp3) is 0.0526. The van der Waals surface area contributed by atoms with Crippen LogP contribution in [-0.2, 0) is 0 Å². The summed E-state index contributed by atoms with van der Waals surface area (Å²) >= 11 is 0. The first-order chi connectivity index (χ1) is 9.75. The Balaban J connectivity index is 2.23. The Kier molecular flexibility index (Phi) is 3.26. The van der Waals surface area contributed by atoms with Gasteiger partial charge in [-0.2, -0.15) is 0 Å². The van der Waals surface area contributed by atoms with Crippen molar-refractivity contribution in [3.05, 3.63) is 78.4 Å². The molecular weight excluding hydrogens is 242 g/mol. The Morgan fingerprint density at radius 2 is 1.30 bits per heavy atom. The van der Waals surface area contributed by atoms with Gasteiger partial charge in [0, 0.05) is 11.3 Å². The average molecular weight is 259 g/mol. The van der Waals surface area contributed by atoms with Crippen molar-refractivity contribution in [2.24, 2.45) is 0 Å². The zero-order valence-corrected chi connectivity index (χ0v) is 11.5. The van der Waals surface area contributed by atoms with Gasteiger partial charge in [-0.1, -0.05) is 66.2 Å². The van der Waals surface area contributed by atoms with Crippen molar-refractivity contribution in [1.82, 2.24) is 0 Å². The van der Waals surface area contributed by atoms with Gasteiger partial charge >= 0.3 is 0 Å². The van der Waals surface area contributed by atoms with Crippen LogP contribution in [0.1, 0.15) is 5.56 Å². The number of nitrogens with two attached hydrogens (primary N) is 1. The van der Waals surface area contributed by atoms with Gasteiger partial charge in [-0.05, 0) is 35.7 Å². The summed E-state index contributed by atoms with van der Waals surface area (Å²) in [6, 6.07) is 25.0. The molecule has 0 radical (unpaired) electrons. The minimum atomic E-state index is 0.819. The standard InChI is InChI=1S/C19H17N/c1-14-11-12-19(20)18(13-14)17-10-6-5-9-16(17)15-7-3-2-4-8-15/h2-13H,20H2,1H3. The molecule has 0 aliphatic heterocycles. The summed E-state index contributed by atoms with van der Waals surface area (Å²) in [4.78, 5) is 0. The smallest absolute Gasteiger partial charge is 0.0394 e. The molecule has 3 aromatic carbocycles. The first kappa shape index (κ1) is 12.5. The van der Waals surface area contributed by atoms with Gasteiger partial charge < -0.3 is 5.73 Å². The molecule has 20 heavy (non-hydrogen) atoms. The Morgan fingerprint density at radius 3 is 2.05 bits per heavy atom. The van der Waals surface area contributed by atoms with Crippen LogP contribution in [0.2, 0.25) is 0 Å². The van der Waals surface area contributed by atoms with E-state index in [1.54, 1.807) is 0 Å². The zero-order valence-electron chi connectivity index (χ0n) is 11.5. The molecule has 0 amide bonds. The molecule has 2 N–H and O–H groups in total. The molecule has 0 fully saturated rings. The predicted molar refractivity (Wildman–Crippen MR) is 86.5 cm³/mol. The number of aryl methyl sites for hydroxylation is 1. The van der Waals surface area contributed by atoms with E-state index < -0.39 is 0 Å². The molecule has 3 aromatic rings. The van der Waals surface area contributed by atoms with E-state index in [9.17, 15) is 0 Å². The summed E-state index contributed by atoms with van der Waals surface area (Å²) in [7, 11) is 0. The molecule has 0 saturated heterocycles. The Labute approximate surface area is 119 Å². The highest BCUT2D eigenvalue weighted by Gasteiger charge is 2.09. The molecule has 1 nitrogen and oxygen atoms in total. The average Bonchev–Trinajstić information content (AvgIpc) is 2.51. The summed E-state index contributed by atoms with van der Waals surface area (Å²) in [5.41, 5.74) is 12.9. The second-order valence-electron chi connectivity index (χ2n) is 5.00. The quantitative estimate of drug-likeness (QED) is 0.650. The van der Waals surface area contributed by atoms with Crippen molar-refractivity contribution in [2.45, 2.75) is 6.92 Å². The number of anilines is 1. The zero-order chi connectivity index (χ0) is 13.9. The van der Waals surface area contributed by atoms with Crippen LogP contribution in [0.4, 0.5) is 5.69 Å². The number of rotatable bonds is 2. The summed E-state index contributed by atoms with van der Waals surface area (Å²) in [5, 5.41) is 0. The maximum Gasteiger partial charge on any atom is 0.0394 e. The van der Waals surface area contributed by atoms with E-state index in [0.29, 0.717) is 0 Å². The van der Waals surface area contributed by atoms with Gasteiger partial charge in [-0.15, -0.1) is 0 Å². The van der Waals surface area contributed by atoms with Gasteiger partial charge in [0.1, 0.15) is 0 Å². The highest BCUT2D eigenvalue weighted by atomic mass is 14.6. The maximum atomic E-state index is 6.17. The van der Waals surface area contributed by atoms with E-state index in [-0.39, 0.29) is 0 Å². The Hall–Kier alpha value is -2.54. The summed E-state index contributed by atoms with van der Waals surface area (Å²) in [6.07, 6.45) is 0. The number of hydrogen-bond donors (Lipinski definition) is 1. The lowest BCUT2D eigenvalue weighted by atomic mass is 9.93. The molecule has 0 aromatic heterocycles. The largest absolute Gasteiger partial charge is 0.398 e. The molecule has 0 spiro atoms. The number of hydrogen-bond acceptors (Lipinski definition) is 1. The van der Waals surface area contributed by atoms with Crippen LogP contribution in [0.25, 0.3) is 22.3 Å². The van der Waals surface area contributed by atoms with Crippen molar-refractivity contribution in [3.8, 4) is 22.3 Å². The van der Waals surface area contributed by atoms with Crippen LogP contribution in [0.15, 0.2) is 72.8 Å². The van der Waals surface area contributed by atoms with Crippen LogP contribution in [0, 0.1) is 6.92 Å². The molecule has 0 aliphatic rings. The second kappa shape index (κ2) is 5.22.